The van der Waals surface area contributed by atoms with Crippen molar-refractivity contribution in [2.45, 2.75) is 32.6 Å². The first-order valence-corrected chi connectivity index (χ1v) is 7.87. The van der Waals surface area contributed by atoms with E-state index in [1.807, 2.05) is 6.07 Å². The molecule has 0 saturated heterocycles. The van der Waals surface area contributed by atoms with Crippen LogP contribution in [0.3, 0.4) is 0 Å². The monoisotopic (exact) mass is 278 g/mol. The standard InChI is InChI=1S/C20H22O/c1-15(21)20-12-9-17(14-20)13-16-7-10-19(11-8-16)18-5-3-2-4-6-18/h2-8,10-11,17,20H,9,12-14H2,1H3/t17-,20+/m0/s1. The predicted molar refractivity (Wildman–Crippen MR) is 87.1 cm³/mol. The molecule has 0 aromatic heterocycles. The van der Waals surface area contributed by atoms with Crippen LogP contribution in [0, 0.1) is 11.8 Å². The second-order valence-corrected chi connectivity index (χ2v) is 6.25. The van der Waals surface area contributed by atoms with Gasteiger partial charge in [-0.15, -0.1) is 0 Å². The van der Waals surface area contributed by atoms with Crippen LogP contribution in [0.1, 0.15) is 31.7 Å². The fourth-order valence-electron chi connectivity index (χ4n) is 3.43. The molecule has 1 aliphatic carbocycles. The van der Waals surface area contributed by atoms with E-state index >= 15 is 0 Å². The molecule has 1 saturated carbocycles. The minimum atomic E-state index is 0.318. The van der Waals surface area contributed by atoms with Crippen LogP contribution in [0.25, 0.3) is 11.1 Å². The number of hydrogen-bond donors (Lipinski definition) is 0. The minimum Gasteiger partial charge on any atom is -0.300 e. The highest BCUT2D eigenvalue weighted by Gasteiger charge is 2.27. The lowest BCUT2D eigenvalue weighted by atomic mass is 9.94. The van der Waals surface area contributed by atoms with Crippen molar-refractivity contribution in [2.75, 3.05) is 0 Å². The van der Waals surface area contributed by atoms with Crippen molar-refractivity contribution >= 4 is 5.78 Å². The highest BCUT2D eigenvalue weighted by molar-refractivity contribution is 5.78. The van der Waals surface area contributed by atoms with Gasteiger partial charge in [-0.25, -0.2) is 0 Å². The van der Waals surface area contributed by atoms with Crippen LogP contribution in [0.5, 0.6) is 0 Å². The topological polar surface area (TPSA) is 17.1 Å². The molecule has 0 heterocycles. The van der Waals surface area contributed by atoms with Crippen molar-refractivity contribution in [3.63, 3.8) is 0 Å². The zero-order chi connectivity index (χ0) is 14.7. The van der Waals surface area contributed by atoms with Crippen LogP contribution >= 0.6 is 0 Å². The van der Waals surface area contributed by atoms with Crippen molar-refractivity contribution in [3.8, 4) is 11.1 Å². The zero-order valence-electron chi connectivity index (χ0n) is 12.6. The Bertz CT molecular complexity index is 597. The van der Waals surface area contributed by atoms with Gasteiger partial charge >= 0.3 is 0 Å². The van der Waals surface area contributed by atoms with E-state index in [1.165, 1.54) is 23.1 Å². The van der Waals surface area contributed by atoms with Gasteiger partial charge in [-0.3, -0.25) is 4.79 Å². The summed E-state index contributed by atoms with van der Waals surface area (Å²) in [7, 11) is 0. The molecule has 1 heteroatoms. The molecule has 0 radical (unpaired) electrons. The van der Waals surface area contributed by atoms with Crippen molar-refractivity contribution in [1.29, 1.82) is 0 Å². The number of carbonyl (C=O) groups is 1. The summed E-state index contributed by atoms with van der Waals surface area (Å²) in [6.45, 7) is 1.74. The number of Topliss-reactive ketones (excluding diaryl/α,β-unsaturated/α-hetero) is 1. The van der Waals surface area contributed by atoms with Gasteiger partial charge in [-0.1, -0.05) is 54.6 Å². The van der Waals surface area contributed by atoms with E-state index in [0.29, 0.717) is 17.6 Å². The molecule has 3 rings (SSSR count). The minimum absolute atomic E-state index is 0.318. The van der Waals surface area contributed by atoms with E-state index in [1.54, 1.807) is 6.92 Å². The number of ketones is 1. The largest absolute Gasteiger partial charge is 0.300 e. The van der Waals surface area contributed by atoms with E-state index in [4.69, 9.17) is 0 Å². The SMILES string of the molecule is CC(=O)[C@@H]1CC[C@@H](Cc2ccc(-c3ccccc3)cc2)C1. The Balaban J connectivity index is 1.64. The van der Waals surface area contributed by atoms with Gasteiger partial charge in [0.05, 0.1) is 0 Å². The first-order valence-electron chi connectivity index (χ1n) is 7.87. The lowest BCUT2D eigenvalue weighted by molar-refractivity contribution is -0.120. The average molecular weight is 278 g/mol. The average Bonchev–Trinajstić information content (AvgIpc) is 2.98. The van der Waals surface area contributed by atoms with E-state index < -0.39 is 0 Å². The lowest BCUT2D eigenvalue weighted by Crippen LogP contribution is -2.07. The summed E-state index contributed by atoms with van der Waals surface area (Å²) in [5.74, 6) is 1.37. The highest BCUT2D eigenvalue weighted by Crippen LogP contribution is 2.34. The Morgan fingerprint density at radius 1 is 0.952 bits per heavy atom. The molecule has 0 N–H and O–H groups in total. The van der Waals surface area contributed by atoms with Crippen molar-refractivity contribution in [1.82, 2.24) is 0 Å². The Labute approximate surface area is 127 Å². The molecular formula is C20H22O. The van der Waals surface area contributed by atoms with E-state index in [0.717, 1.165) is 19.3 Å². The molecule has 0 unspecified atom stereocenters. The third-order valence-corrected chi connectivity index (χ3v) is 4.70. The Hall–Kier alpha value is -1.89. The maximum Gasteiger partial charge on any atom is 0.132 e. The summed E-state index contributed by atoms with van der Waals surface area (Å²) in [6.07, 6.45) is 4.47. The Kier molecular flexibility index (Phi) is 4.19. The number of rotatable bonds is 4. The third kappa shape index (κ3) is 3.41. The van der Waals surface area contributed by atoms with Gasteiger partial charge in [-0.2, -0.15) is 0 Å². The molecule has 2 aromatic rings. The molecule has 0 bridgehead atoms. The van der Waals surface area contributed by atoms with Crippen LogP contribution in [-0.4, -0.2) is 5.78 Å². The van der Waals surface area contributed by atoms with Gasteiger partial charge in [-0.05, 0) is 55.2 Å². The smallest absolute Gasteiger partial charge is 0.132 e. The molecule has 1 nitrogen and oxygen atoms in total. The molecule has 0 spiro atoms. The number of hydrogen-bond acceptors (Lipinski definition) is 1. The van der Waals surface area contributed by atoms with Gasteiger partial charge in [0.2, 0.25) is 0 Å². The maximum absolute atomic E-state index is 11.4. The van der Waals surface area contributed by atoms with E-state index in [-0.39, 0.29) is 0 Å². The molecule has 0 amide bonds. The summed E-state index contributed by atoms with van der Waals surface area (Å²) in [6, 6.07) is 19.4. The van der Waals surface area contributed by atoms with Gasteiger partial charge in [0.15, 0.2) is 0 Å². The third-order valence-electron chi connectivity index (χ3n) is 4.70. The first-order chi connectivity index (χ1) is 10.2. The Morgan fingerprint density at radius 2 is 1.62 bits per heavy atom. The molecule has 1 aliphatic rings. The first kappa shape index (κ1) is 14.1. The van der Waals surface area contributed by atoms with Crippen molar-refractivity contribution in [2.24, 2.45) is 11.8 Å². The van der Waals surface area contributed by atoms with Crippen LogP contribution in [0.4, 0.5) is 0 Å². The fraction of sp³-hybridized carbons (Fsp3) is 0.350. The normalized spacial score (nSPS) is 21.4. The van der Waals surface area contributed by atoms with Crippen LogP contribution < -0.4 is 0 Å². The molecule has 2 atom stereocenters. The van der Waals surface area contributed by atoms with Crippen molar-refractivity contribution < 1.29 is 4.79 Å². The maximum atomic E-state index is 11.4. The molecule has 1 fully saturated rings. The quantitative estimate of drug-likeness (QED) is 0.777. The van der Waals surface area contributed by atoms with Crippen LogP contribution in [0.2, 0.25) is 0 Å². The second kappa shape index (κ2) is 6.26. The molecule has 21 heavy (non-hydrogen) atoms. The van der Waals surface area contributed by atoms with E-state index in [9.17, 15) is 4.79 Å². The van der Waals surface area contributed by atoms with Crippen LogP contribution in [0.15, 0.2) is 54.6 Å². The summed E-state index contributed by atoms with van der Waals surface area (Å²) in [4.78, 5) is 11.4. The predicted octanol–water partition coefficient (Wildman–Crippen LogP) is 4.90. The van der Waals surface area contributed by atoms with Gasteiger partial charge < -0.3 is 0 Å². The van der Waals surface area contributed by atoms with Crippen molar-refractivity contribution in [3.05, 3.63) is 60.2 Å². The zero-order valence-corrected chi connectivity index (χ0v) is 12.6. The summed E-state index contributed by atoms with van der Waals surface area (Å²) < 4.78 is 0. The summed E-state index contributed by atoms with van der Waals surface area (Å²) >= 11 is 0. The van der Waals surface area contributed by atoms with Gasteiger partial charge in [0, 0.05) is 5.92 Å². The molecular weight excluding hydrogens is 256 g/mol. The highest BCUT2D eigenvalue weighted by atomic mass is 16.1. The van der Waals surface area contributed by atoms with Gasteiger partial charge in [0.25, 0.3) is 0 Å². The summed E-state index contributed by atoms with van der Waals surface area (Å²) in [5, 5.41) is 0. The molecule has 108 valence electrons. The van der Waals surface area contributed by atoms with E-state index in [2.05, 4.69) is 48.5 Å². The number of benzene rings is 2. The number of carbonyl (C=O) groups excluding carboxylic acids is 1. The molecule has 0 aliphatic heterocycles. The second-order valence-electron chi connectivity index (χ2n) is 6.25. The summed E-state index contributed by atoms with van der Waals surface area (Å²) in [5.41, 5.74) is 3.93. The lowest BCUT2D eigenvalue weighted by Gasteiger charge is -2.10. The fourth-order valence-corrected chi connectivity index (χ4v) is 3.43. The van der Waals surface area contributed by atoms with Gasteiger partial charge in [0.1, 0.15) is 5.78 Å². The Morgan fingerprint density at radius 3 is 2.24 bits per heavy atom. The molecule has 2 aromatic carbocycles. The van der Waals surface area contributed by atoms with Crippen LogP contribution in [-0.2, 0) is 11.2 Å².